The summed E-state index contributed by atoms with van der Waals surface area (Å²) in [6.45, 7) is 7.51. The van der Waals surface area contributed by atoms with Crippen LogP contribution in [-0.4, -0.2) is 19.7 Å². The Labute approximate surface area is 118 Å². The van der Waals surface area contributed by atoms with Gasteiger partial charge in [-0.3, -0.25) is 0 Å². The van der Waals surface area contributed by atoms with E-state index >= 15 is 0 Å². The van der Waals surface area contributed by atoms with Gasteiger partial charge >= 0.3 is 0 Å². The maximum absolute atomic E-state index is 5.89. The first-order chi connectivity index (χ1) is 8.66. The number of ether oxygens (including phenoxy) is 1. The predicted octanol–water partition coefficient (Wildman–Crippen LogP) is 3.77. The quantitative estimate of drug-likeness (QED) is 0.893. The van der Waals surface area contributed by atoms with Gasteiger partial charge in [-0.25, -0.2) is 0 Å². The van der Waals surface area contributed by atoms with Crippen molar-refractivity contribution in [2.45, 2.75) is 26.4 Å². The summed E-state index contributed by atoms with van der Waals surface area (Å²) < 4.78 is 7.02. The van der Waals surface area contributed by atoms with E-state index in [0.717, 1.165) is 30.6 Å². The average molecular weight is 312 g/mol. The Bertz CT molecular complexity index is 363. The third-order valence-corrected chi connectivity index (χ3v) is 3.90. The van der Waals surface area contributed by atoms with Crippen molar-refractivity contribution in [2.24, 2.45) is 11.8 Å². The third kappa shape index (κ3) is 3.81. The maximum atomic E-state index is 5.89. The molecule has 2 unspecified atom stereocenters. The molecular weight excluding hydrogens is 290 g/mol. The van der Waals surface area contributed by atoms with E-state index in [4.69, 9.17) is 4.74 Å². The topological polar surface area (TPSA) is 21.3 Å². The second-order valence-electron chi connectivity index (χ2n) is 5.44. The Kier molecular flexibility index (Phi) is 5.22. The fourth-order valence-electron chi connectivity index (χ4n) is 2.42. The van der Waals surface area contributed by atoms with E-state index in [1.165, 1.54) is 5.56 Å². The summed E-state index contributed by atoms with van der Waals surface area (Å²) in [6.07, 6.45) is 1.42. The van der Waals surface area contributed by atoms with E-state index in [0.29, 0.717) is 11.8 Å². The van der Waals surface area contributed by atoms with Crippen LogP contribution in [0.1, 0.15) is 31.9 Å². The molecular formula is C15H22BrNO. The molecule has 2 atom stereocenters. The molecule has 2 nitrogen and oxygen atoms in total. The maximum Gasteiger partial charge on any atom is 0.0866 e. The van der Waals surface area contributed by atoms with E-state index < -0.39 is 0 Å². The van der Waals surface area contributed by atoms with Crippen molar-refractivity contribution < 1.29 is 4.74 Å². The molecule has 1 heterocycles. The molecule has 3 heteroatoms. The zero-order chi connectivity index (χ0) is 13.0. The van der Waals surface area contributed by atoms with Gasteiger partial charge in [-0.15, -0.1) is 0 Å². The van der Waals surface area contributed by atoms with Gasteiger partial charge < -0.3 is 10.1 Å². The number of hydrogen-bond donors (Lipinski definition) is 1. The Morgan fingerprint density at radius 1 is 1.33 bits per heavy atom. The van der Waals surface area contributed by atoms with E-state index in [-0.39, 0.29) is 6.10 Å². The van der Waals surface area contributed by atoms with Gasteiger partial charge in [0.25, 0.3) is 0 Å². The SMILES string of the molecule is CC(C)CNCC1CCOC1c1ccc(Br)cc1. The summed E-state index contributed by atoms with van der Waals surface area (Å²) >= 11 is 3.47. The summed E-state index contributed by atoms with van der Waals surface area (Å²) in [4.78, 5) is 0. The third-order valence-electron chi connectivity index (χ3n) is 3.37. The number of hydrogen-bond acceptors (Lipinski definition) is 2. The molecule has 100 valence electrons. The Balaban J connectivity index is 1.92. The van der Waals surface area contributed by atoms with Crippen LogP contribution < -0.4 is 5.32 Å². The minimum absolute atomic E-state index is 0.262. The zero-order valence-electron chi connectivity index (χ0n) is 11.2. The molecule has 1 N–H and O–H groups in total. The van der Waals surface area contributed by atoms with Crippen molar-refractivity contribution in [1.29, 1.82) is 0 Å². The smallest absolute Gasteiger partial charge is 0.0866 e. The lowest BCUT2D eigenvalue weighted by Gasteiger charge is -2.20. The van der Waals surface area contributed by atoms with Crippen molar-refractivity contribution in [1.82, 2.24) is 5.32 Å². The van der Waals surface area contributed by atoms with E-state index in [2.05, 4.69) is 59.4 Å². The molecule has 0 radical (unpaired) electrons. The Morgan fingerprint density at radius 3 is 2.72 bits per heavy atom. The van der Waals surface area contributed by atoms with Crippen LogP contribution in [-0.2, 0) is 4.74 Å². The van der Waals surface area contributed by atoms with Gasteiger partial charge in [-0.1, -0.05) is 41.9 Å². The molecule has 1 aliphatic rings. The number of nitrogens with one attached hydrogen (secondary N) is 1. The highest BCUT2D eigenvalue weighted by Gasteiger charge is 2.29. The monoisotopic (exact) mass is 311 g/mol. The van der Waals surface area contributed by atoms with Crippen LogP contribution in [0.2, 0.25) is 0 Å². The van der Waals surface area contributed by atoms with Crippen molar-refractivity contribution >= 4 is 15.9 Å². The molecule has 0 aromatic heterocycles. The lowest BCUT2D eigenvalue weighted by Crippen LogP contribution is -2.27. The van der Waals surface area contributed by atoms with Crippen LogP contribution in [0.15, 0.2) is 28.7 Å². The van der Waals surface area contributed by atoms with Crippen LogP contribution in [0.25, 0.3) is 0 Å². The van der Waals surface area contributed by atoms with Crippen LogP contribution in [0.3, 0.4) is 0 Å². The Morgan fingerprint density at radius 2 is 2.06 bits per heavy atom. The Hall–Kier alpha value is -0.380. The zero-order valence-corrected chi connectivity index (χ0v) is 12.7. The summed E-state index contributed by atoms with van der Waals surface area (Å²) in [5.74, 6) is 1.31. The average Bonchev–Trinajstić information content (AvgIpc) is 2.78. The standard InChI is InChI=1S/C15H22BrNO/c1-11(2)9-17-10-13-7-8-18-15(13)12-3-5-14(16)6-4-12/h3-6,11,13,15,17H,7-10H2,1-2H3. The summed E-state index contributed by atoms with van der Waals surface area (Å²) in [5.41, 5.74) is 1.30. The van der Waals surface area contributed by atoms with Gasteiger partial charge in [0.2, 0.25) is 0 Å². The normalized spacial score (nSPS) is 23.8. The molecule has 1 aromatic carbocycles. The van der Waals surface area contributed by atoms with Crippen molar-refractivity contribution in [2.75, 3.05) is 19.7 Å². The van der Waals surface area contributed by atoms with Gasteiger partial charge in [-0.05, 0) is 36.6 Å². The van der Waals surface area contributed by atoms with Crippen LogP contribution >= 0.6 is 15.9 Å². The summed E-state index contributed by atoms with van der Waals surface area (Å²) in [6, 6.07) is 8.51. The molecule has 0 saturated carbocycles. The summed E-state index contributed by atoms with van der Waals surface area (Å²) in [5, 5.41) is 3.55. The number of halogens is 1. The van der Waals surface area contributed by atoms with E-state index in [1.807, 2.05) is 0 Å². The first kappa shape index (κ1) is 14.0. The molecule has 1 aromatic rings. The lowest BCUT2D eigenvalue weighted by atomic mass is 9.95. The number of rotatable bonds is 5. The van der Waals surface area contributed by atoms with Crippen molar-refractivity contribution in [3.63, 3.8) is 0 Å². The minimum Gasteiger partial charge on any atom is -0.373 e. The molecule has 1 fully saturated rings. The first-order valence-electron chi connectivity index (χ1n) is 6.74. The lowest BCUT2D eigenvalue weighted by molar-refractivity contribution is 0.0903. The highest BCUT2D eigenvalue weighted by molar-refractivity contribution is 9.10. The van der Waals surface area contributed by atoms with E-state index in [9.17, 15) is 0 Å². The molecule has 1 aliphatic heterocycles. The fraction of sp³-hybridized carbons (Fsp3) is 0.600. The number of benzene rings is 1. The van der Waals surface area contributed by atoms with Crippen LogP contribution in [0, 0.1) is 11.8 Å². The predicted molar refractivity (Wildman–Crippen MR) is 78.6 cm³/mol. The van der Waals surface area contributed by atoms with Gasteiger partial charge in [0.05, 0.1) is 6.10 Å². The van der Waals surface area contributed by atoms with Gasteiger partial charge in [-0.2, -0.15) is 0 Å². The molecule has 0 spiro atoms. The summed E-state index contributed by atoms with van der Waals surface area (Å²) in [7, 11) is 0. The molecule has 0 aliphatic carbocycles. The highest BCUT2D eigenvalue weighted by atomic mass is 79.9. The second kappa shape index (κ2) is 6.69. The van der Waals surface area contributed by atoms with Gasteiger partial charge in [0, 0.05) is 23.5 Å². The van der Waals surface area contributed by atoms with Gasteiger partial charge in [0.1, 0.15) is 0 Å². The second-order valence-corrected chi connectivity index (χ2v) is 6.36. The molecule has 18 heavy (non-hydrogen) atoms. The molecule has 0 amide bonds. The van der Waals surface area contributed by atoms with Crippen molar-refractivity contribution in [3.8, 4) is 0 Å². The van der Waals surface area contributed by atoms with Crippen LogP contribution in [0.4, 0.5) is 0 Å². The largest absolute Gasteiger partial charge is 0.373 e. The minimum atomic E-state index is 0.262. The van der Waals surface area contributed by atoms with Gasteiger partial charge in [0.15, 0.2) is 0 Å². The molecule has 2 rings (SSSR count). The van der Waals surface area contributed by atoms with Crippen LogP contribution in [0.5, 0.6) is 0 Å². The van der Waals surface area contributed by atoms with Crippen molar-refractivity contribution in [3.05, 3.63) is 34.3 Å². The molecule has 1 saturated heterocycles. The molecule has 0 bridgehead atoms. The van der Waals surface area contributed by atoms with E-state index in [1.54, 1.807) is 0 Å². The highest BCUT2D eigenvalue weighted by Crippen LogP contribution is 2.34. The fourth-order valence-corrected chi connectivity index (χ4v) is 2.69. The first-order valence-corrected chi connectivity index (χ1v) is 7.54.